The Bertz CT molecular complexity index is 834. The molecule has 27 heavy (non-hydrogen) atoms. The van der Waals surface area contributed by atoms with Crippen molar-refractivity contribution in [3.8, 4) is 11.1 Å². The summed E-state index contributed by atoms with van der Waals surface area (Å²) in [6.45, 7) is 7.01. The van der Waals surface area contributed by atoms with Crippen molar-refractivity contribution in [2.45, 2.75) is 59.0 Å². The van der Waals surface area contributed by atoms with Gasteiger partial charge in [0.05, 0.1) is 0 Å². The molecule has 0 saturated heterocycles. The number of benzene rings is 2. The Morgan fingerprint density at radius 1 is 1.22 bits per heavy atom. The zero-order valence-corrected chi connectivity index (χ0v) is 16.4. The highest BCUT2D eigenvalue weighted by molar-refractivity contribution is 5.96. The van der Waals surface area contributed by atoms with E-state index in [4.69, 9.17) is 5.73 Å². The molecule has 0 atom stereocenters. The molecule has 0 aromatic heterocycles. The fraction of sp³-hybridized carbons (Fsp3) is 0.435. The Balaban J connectivity index is 1.71. The van der Waals surface area contributed by atoms with E-state index in [1.807, 2.05) is 25.1 Å². The summed E-state index contributed by atoms with van der Waals surface area (Å²) in [5, 5.41) is 3.51. The van der Waals surface area contributed by atoms with E-state index in [0.717, 1.165) is 29.5 Å². The first-order valence-electron chi connectivity index (χ1n) is 9.68. The third-order valence-corrected chi connectivity index (χ3v) is 5.88. The summed E-state index contributed by atoms with van der Waals surface area (Å²) in [7, 11) is 0. The van der Waals surface area contributed by atoms with Gasteiger partial charge in [-0.15, -0.1) is 0 Å². The van der Waals surface area contributed by atoms with Gasteiger partial charge in [0.2, 0.25) is 5.91 Å². The Kier molecular flexibility index (Phi) is 5.66. The maximum Gasteiger partial charge on any atom is 0.248 e. The van der Waals surface area contributed by atoms with E-state index in [9.17, 15) is 9.18 Å². The van der Waals surface area contributed by atoms with E-state index < -0.39 is 5.91 Å². The molecule has 0 aliphatic heterocycles. The van der Waals surface area contributed by atoms with Gasteiger partial charge < -0.3 is 11.1 Å². The van der Waals surface area contributed by atoms with Crippen LogP contribution in [0.5, 0.6) is 0 Å². The van der Waals surface area contributed by atoms with Gasteiger partial charge in [0.15, 0.2) is 0 Å². The van der Waals surface area contributed by atoms with Crippen molar-refractivity contribution < 1.29 is 9.18 Å². The van der Waals surface area contributed by atoms with Crippen LogP contribution in [0.1, 0.15) is 61.0 Å². The third kappa shape index (κ3) is 4.56. The van der Waals surface area contributed by atoms with Crippen molar-refractivity contribution in [3.63, 3.8) is 0 Å². The molecule has 3 N–H and O–H groups in total. The summed E-state index contributed by atoms with van der Waals surface area (Å²) in [5.74, 6) is -0.689. The summed E-state index contributed by atoms with van der Waals surface area (Å²) in [4.78, 5) is 11.5. The molecule has 0 heterocycles. The molecule has 2 aromatic carbocycles. The normalized spacial score (nSPS) is 17.0. The molecule has 3 rings (SSSR count). The summed E-state index contributed by atoms with van der Waals surface area (Å²) < 4.78 is 14.7. The van der Waals surface area contributed by atoms with Crippen LogP contribution in [0.3, 0.4) is 0 Å². The lowest BCUT2D eigenvalue weighted by molar-refractivity contribution is 0.0999. The molecule has 1 amide bonds. The average molecular weight is 368 g/mol. The van der Waals surface area contributed by atoms with Crippen LogP contribution in [0.2, 0.25) is 0 Å². The molecule has 1 aliphatic rings. The van der Waals surface area contributed by atoms with E-state index in [1.54, 1.807) is 18.2 Å². The van der Waals surface area contributed by atoms with Gasteiger partial charge in [-0.3, -0.25) is 4.79 Å². The molecular weight excluding hydrogens is 339 g/mol. The second-order valence-corrected chi connectivity index (χ2v) is 8.47. The van der Waals surface area contributed by atoms with E-state index in [2.05, 4.69) is 19.2 Å². The zero-order valence-electron chi connectivity index (χ0n) is 16.4. The lowest BCUT2D eigenvalue weighted by atomic mass is 9.75. The van der Waals surface area contributed by atoms with E-state index >= 15 is 0 Å². The Morgan fingerprint density at radius 2 is 1.93 bits per heavy atom. The van der Waals surface area contributed by atoms with Crippen LogP contribution < -0.4 is 11.1 Å². The molecule has 3 nitrogen and oxygen atoms in total. The number of nitrogens with two attached hydrogens (primary N) is 1. The number of hydrogen-bond donors (Lipinski definition) is 2. The first-order chi connectivity index (χ1) is 12.8. The van der Waals surface area contributed by atoms with Crippen molar-refractivity contribution in [2.75, 3.05) is 0 Å². The first-order valence-corrected chi connectivity index (χ1v) is 9.68. The molecule has 2 aromatic rings. The number of primary amides is 1. The van der Waals surface area contributed by atoms with E-state index in [1.165, 1.54) is 12.8 Å². The topological polar surface area (TPSA) is 55.1 Å². The van der Waals surface area contributed by atoms with Gasteiger partial charge >= 0.3 is 0 Å². The second kappa shape index (κ2) is 7.81. The molecule has 1 saturated carbocycles. The molecule has 1 aliphatic carbocycles. The number of nitrogens with one attached hydrogen (secondary N) is 1. The van der Waals surface area contributed by atoms with Crippen LogP contribution in [-0.2, 0) is 6.54 Å². The highest BCUT2D eigenvalue weighted by atomic mass is 19.1. The Hall–Kier alpha value is -2.20. The minimum atomic E-state index is -0.466. The largest absolute Gasteiger partial charge is 0.366 e. The summed E-state index contributed by atoms with van der Waals surface area (Å²) in [6, 6.07) is 11.1. The molecule has 4 heteroatoms. The van der Waals surface area contributed by atoms with Crippen molar-refractivity contribution in [2.24, 2.45) is 11.1 Å². The number of halogens is 1. The van der Waals surface area contributed by atoms with Gasteiger partial charge in [0.25, 0.3) is 0 Å². The quantitative estimate of drug-likeness (QED) is 0.784. The molecule has 144 valence electrons. The van der Waals surface area contributed by atoms with Gasteiger partial charge in [-0.05, 0) is 66.8 Å². The highest BCUT2D eigenvalue weighted by Crippen LogP contribution is 2.35. The van der Waals surface area contributed by atoms with Crippen molar-refractivity contribution in [3.05, 3.63) is 58.9 Å². The average Bonchev–Trinajstić information content (AvgIpc) is 2.61. The van der Waals surface area contributed by atoms with Gasteiger partial charge in [0, 0.05) is 23.7 Å². The second-order valence-electron chi connectivity index (χ2n) is 8.47. The predicted molar refractivity (Wildman–Crippen MR) is 108 cm³/mol. The maximum absolute atomic E-state index is 14.7. The predicted octanol–water partition coefficient (Wildman–Crippen LogP) is 4.96. The number of hydrogen-bond acceptors (Lipinski definition) is 2. The van der Waals surface area contributed by atoms with Crippen LogP contribution in [0, 0.1) is 18.2 Å². The number of carbonyl (C=O) groups excluding carboxylic acids is 1. The van der Waals surface area contributed by atoms with Crippen LogP contribution in [-0.4, -0.2) is 11.9 Å². The van der Waals surface area contributed by atoms with Crippen molar-refractivity contribution >= 4 is 5.91 Å². The van der Waals surface area contributed by atoms with Crippen molar-refractivity contribution in [1.29, 1.82) is 0 Å². The van der Waals surface area contributed by atoms with E-state index in [-0.39, 0.29) is 5.82 Å². The Morgan fingerprint density at radius 3 is 2.56 bits per heavy atom. The van der Waals surface area contributed by atoms with Crippen molar-refractivity contribution in [1.82, 2.24) is 5.32 Å². The van der Waals surface area contributed by atoms with Crippen LogP contribution in [0.4, 0.5) is 4.39 Å². The number of rotatable bonds is 5. The first kappa shape index (κ1) is 19.6. The highest BCUT2D eigenvalue weighted by Gasteiger charge is 2.26. The molecule has 0 spiro atoms. The molecule has 0 unspecified atom stereocenters. The number of carbonyl (C=O) groups is 1. The molecule has 1 fully saturated rings. The van der Waals surface area contributed by atoms with Gasteiger partial charge in [-0.25, -0.2) is 4.39 Å². The standard InChI is InChI=1S/C23H29FN2O/c1-15-19(5-4-6-20(15)22(25)27)16-7-8-17(21(24)13-16)14-26-18-9-11-23(2,3)12-10-18/h4-8,13,18,26H,9-12,14H2,1-3H3,(H2,25,27). The lowest BCUT2D eigenvalue weighted by Crippen LogP contribution is -2.35. The monoisotopic (exact) mass is 368 g/mol. The van der Waals surface area contributed by atoms with Gasteiger partial charge in [-0.2, -0.15) is 0 Å². The Labute approximate surface area is 161 Å². The maximum atomic E-state index is 14.7. The van der Waals surface area contributed by atoms with Crippen LogP contribution in [0.25, 0.3) is 11.1 Å². The lowest BCUT2D eigenvalue weighted by Gasteiger charge is -2.34. The number of amides is 1. The SMILES string of the molecule is Cc1c(C(N)=O)cccc1-c1ccc(CNC2CCC(C)(C)CC2)c(F)c1. The van der Waals surface area contributed by atoms with Gasteiger partial charge in [-0.1, -0.05) is 38.1 Å². The summed E-state index contributed by atoms with van der Waals surface area (Å²) >= 11 is 0. The fourth-order valence-corrected chi connectivity index (χ4v) is 3.93. The zero-order chi connectivity index (χ0) is 19.6. The van der Waals surface area contributed by atoms with Crippen LogP contribution >= 0.6 is 0 Å². The minimum absolute atomic E-state index is 0.222. The third-order valence-electron chi connectivity index (χ3n) is 5.88. The fourth-order valence-electron chi connectivity index (χ4n) is 3.93. The minimum Gasteiger partial charge on any atom is -0.366 e. The summed E-state index contributed by atoms with van der Waals surface area (Å²) in [5.41, 5.74) is 9.37. The van der Waals surface area contributed by atoms with Crippen LogP contribution in [0.15, 0.2) is 36.4 Å². The molecule has 0 radical (unpaired) electrons. The summed E-state index contributed by atoms with van der Waals surface area (Å²) in [6.07, 6.45) is 4.71. The molecule has 0 bridgehead atoms. The van der Waals surface area contributed by atoms with Gasteiger partial charge in [0.1, 0.15) is 5.82 Å². The molecular formula is C23H29FN2O. The van der Waals surface area contributed by atoms with E-state index in [0.29, 0.717) is 29.1 Å². The smallest absolute Gasteiger partial charge is 0.248 e.